The van der Waals surface area contributed by atoms with Crippen molar-refractivity contribution in [1.29, 1.82) is 0 Å². The molecule has 3 heteroatoms. The summed E-state index contributed by atoms with van der Waals surface area (Å²) in [7, 11) is 0. The fraction of sp³-hybridized carbons (Fsp3) is 0.350. The Morgan fingerprint density at radius 3 is 2.00 bits per heavy atom. The number of hydrogen-bond donors (Lipinski definition) is 1. The molecule has 0 radical (unpaired) electrons. The Bertz CT molecular complexity index is 614. The van der Waals surface area contributed by atoms with Crippen LogP contribution < -0.4 is 0 Å². The van der Waals surface area contributed by atoms with Crippen LogP contribution in [0.25, 0.3) is 0 Å². The van der Waals surface area contributed by atoms with Gasteiger partial charge in [-0.2, -0.15) is 0 Å². The fourth-order valence-corrected chi connectivity index (χ4v) is 3.85. The van der Waals surface area contributed by atoms with E-state index < -0.39 is 5.41 Å². The zero-order valence-corrected chi connectivity index (χ0v) is 13.5. The molecule has 1 unspecified atom stereocenters. The average molecular weight is 309 g/mol. The van der Waals surface area contributed by atoms with E-state index in [0.29, 0.717) is 6.54 Å². The zero-order chi connectivity index (χ0) is 16.3. The highest BCUT2D eigenvalue weighted by Gasteiger charge is 2.55. The Morgan fingerprint density at radius 1 is 1.04 bits per heavy atom. The minimum atomic E-state index is -0.785. The number of amides is 1. The molecule has 3 nitrogen and oxygen atoms in total. The van der Waals surface area contributed by atoms with Gasteiger partial charge >= 0.3 is 0 Å². The summed E-state index contributed by atoms with van der Waals surface area (Å²) in [5, 5.41) is 10.0. The van der Waals surface area contributed by atoms with Crippen LogP contribution in [0.1, 0.15) is 24.5 Å². The zero-order valence-electron chi connectivity index (χ0n) is 13.5. The van der Waals surface area contributed by atoms with Crippen LogP contribution in [-0.2, 0) is 10.2 Å². The molecule has 0 bridgehead atoms. The van der Waals surface area contributed by atoms with Gasteiger partial charge in [-0.25, -0.2) is 0 Å². The van der Waals surface area contributed by atoms with Crippen LogP contribution in [0.2, 0.25) is 0 Å². The number of nitrogens with zero attached hydrogens (tertiary/aromatic N) is 1. The third-order valence-corrected chi connectivity index (χ3v) is 4.85. The molecule has 120 valence electrons. The molecule has 1 amide bonds. The lowest BCUT2D eigenvalue weighted by Crippen LogP contribution is -2.43. The van der Waals surface area contributed by atoms with Gasteiger partial charge in [-0.3, -0.25) is 4.79 Å². The monoisotopic (exact) mass is 309 g/mol. The SMILES string of the molecule is CCCN1CC(CO)C(c2ccccc2)(c2ccccc2)C1=O. The van der Waals surface area contributed by atoms with Gasteiger partial charge < -0.3 is 10.0 Å². The number of benzene rings is 2. The highest BCUT2D eigenvalue weighted by molar-refractivity contribution is 5.94. The Morgan fingerprint density at radius 2 is 1.57 bits per heavy atom. The van der Waals surface area contributed by atoms with Crippen molar-refractivity contribution in [3.05, 3.63) is 71.8 Å². The lowest BCUT2D eigenvalue weighted by Gasteiger charge is -2.33. The summed E-state index contributed by atoms with van der Waals surface area (Å²) in [6.45, 7) is 3.41. The van der Waals surface area contributed by atoms with E-state index in [1.54, 1.807) is 0 Å². The number of aliphatic hydroxyl groups is 1. The number of rotatable bonds is 5. The molecule has 3 rings (SSSR count). The highest BCUT2D eigenvalue weighted by Crippen LogP contribution is 2.45. The van der Waals surface area contributed by atoms with E-state index in [1.807, 2.05) is 65.6 Å². The number of aliphatic hydroxyl groups excluding tert-OH is 1. The summed E-state index contributed by atoms with van der Waals surface area (Å²) in [4.78, 5) is 15.3. The molecule has 1 fully saturated rings. The summed E-state index contributed by atoms with van der Waals surface area (Å²) in [6, 6.07) is 19.8. The Hall–Kier alpha value is -2.13. The van der Waals surface area contributed by atoms with Gasteiger partial charge in [0, 0.05) is 25.6 Å². The number of likely N-dealkylation sites (tertiary alicyclic amines) is 1. The highest BCUT2D eigenvalue weighted by atomic mass is 16.3. The van der Waals surface area contributed by atoms with E-state index >= 15 is 0 Å². The Kier molecular flexibility index (Phi) is 4.49. The van der Waals surface area contributed by atoms with E-state index in [4.69, 9.17) is 0 Å². The summed E-state index contributed by atoms with van der Waals surface area (Å²) in [5.41, 5.74) is 1.15. The maximum absolute atomic E-state index is 13.4. The van der Waals surface area contributed by atoms with E-state index in [2.05, 4.69) is 6.92 Å². The third-order valence-electron chi connectivity index (χ3n) is 4.85. The Labute approximate surface area is 137 Å². The predicted octanol–water partition coefficient (Wildman–Crippen LogP) is 2.83. The van der Waals surface area contributed by atoms with Crippen LogP contribution in [0, 0.1) is 5.92 Å². The molecule has 1 aliphatic rings. The number of carbonyl (C=O) groups is 1. The quantitative estimate of drug-likeness (QED) is 0.922. The van der Waals surface area contributed by atoms with Crippen LogP contribution >= 0.6 is 0 Å². The van der Waals surface area contributed by atoms with Crippen LogP contribution in [0.3, 0.4) is 0 Å². The van der Waals surface area contributed by atoms with Crippen molar-refractivity contribution in [2.45, 2.75) is 18.8 Å². The second-order valence-corrected chi connectivity index (χ2v) is 6.17. The van der Waals surface area contributed by atoms with Crippen molar-refractivity contribution in [3.8, 4) is 0 Å². The van der Waals surface area contributed by atoms with Gasteiger partial charge in [-0.1, -0.05) is 67.6 Å². The molecule has 23 heavy (non-hydrogen) atoms. The summed E-state index contributed by atoms with van der Waals surface area (Å²) in [6.07, 6.45) is 0.920. The summed E-state index contributed by atoms with van der Waals surface area (Å²) < 4.78 is 0. The van der Waals surface area contributed by atoms with Crippen molar-refractivity contribution < 1.29 is 9.90 Å². The molecular formula is C20H23NO2. The van der Waals surface area contributed by atoms with Crippen LogP contribution in [0.15, 0.2) is 60.7 Å². The number of hydrogen-bond acceptors (Lipinski definition) is 2. The molecule has 0 aromatic heterocycles. The van der Waals surface area contributed by atoms with Gasteiger partial charge in [-0.05, 0) is 17.5 Å². The van der Waals surface area contributed by atoms with Crippen LogP contribution in [-0.4, -0.2) is 35.6 Å². The van der Waals surface area contributed by atoms with Gasteiger partial charge in [0.05, 0.1) is 0 Å². The molecule has 1 heterocycles. The van der Waals surface area contributed by atoms with Crippen molar-refractivity contribution in [2.24, 2.45) is 5.92 Å². The maximum Gasteiger partial charge on any atom is 0.238 e. The molecule has 0 saturated carbocycles. The van der Waals surface area contributed by atoms with Crippen molar-refractivity contribution in [2.75, 3.05) is 19.7 Å². The molecule has 1 N–H and O–H groups in total. The summed E-state index contributed by atoms with van der Waals surface area (Å²) >= 11 is 0. The second kappa shape index (κ2) is 6.55. The van der Waals surface area contributed by atoms with E-state index in [-0.39, 0.29) is 18.4 Å². The topological polar surface area (TPSA) is 40.5 Å². The van der Waals surface area contributed by atoms with Gasteiger partial charge in [0.15, 0.2) is 0 Å². The largest absolute Gasteiger partial charge is 0.396 e. The molecule has 2 aromatic rings. The second-order valence-electron chi connectivity index (χ2n) is 6.17. The third kappa shape index (κ3) is 2.45. The standard InChI is InChI=1S/C20H23NO2/c1-2-13-21-14-18(15-22)20(19(21)23,16-9-5-3-6-10-16)17-11-7-4-8-12-17/h3-12,18,22H,2,13-15H2,1H3. The first-order chi connectivity index (χ1) is 11.2. The Balaban J connectivity index is 2.21. The minimum absolute atomic E-state index is 0.00422. The average Bonchev–Trinajstić information content (AvgIpc) is 2.90. The van der Waals surface area contributed by atoms with Crippen LogP contribution in [0.5, 0.6) is 0 Å². The molecule has 2 aromatic carbocycles. The molecule has 1 aliphatic heterocycles. The smallest absolute Gasteiger partial charge is 0.238 e. The van der Waals surface area contributed by atoms with Gasteiger partial charge in [0.1, 0.15) is 5.41 Å². The summed E-state index contributed by atoms with van der Waals surface area (Å²) in [5.74, 6) is -0.0258. The molecule has 0 spiro atoms. The van der Waals surface area contributed by atoms with Gasteiger partial charge in [0.2, 0.25) is 5.91 Å². The van der Waals surface area contributed by atoms with E-state index in [1.165, 1.54) is 0 Å². The van der Waals surface area contributed by atoms with E-state index in [9.17, 15) is 9.90 Å². The fourth-order valence-electron chi connectivity index (χ4n) is 3.85. The van der Waals surface area contributed by atoms with E-state index in [0.717, 1.165) is 24.1 Å². The van der Waals surface area contributed by atoms with Gasteiger partial charge in [0.25, 0.3) is 0 Å². The first-order valence-corrected chi connectivity index (χ1v) is 8.26. The maximum atomic E-state index is 13.4. The first kappa shape index (κ1) is 15.8. The minimum Gasteiger partial charge on any atom is -0.396 e. The lowest BCUT2D eigenvalue weighted by atomic mass is 9.67. The molecule has 1 saturated heterocycles. The first-order valence-electron chi connectivity index (χ1n) is 8.26. The lowest BCUT2D eigenvalue weighted by molar-refractivity contribution is -0.131. The molecular weight excluding hydrogens is 286 g/mol. The van der Waals surface area contributed by atoms with Crippen molar-refractivity contribution in [1.82, 2.24) is 4.90 Å². The van der Waals surface area contributed by atoms with Crippen molar-refractivity contribution in [3.63, 3.8) is 0 Å². The molecule has 1 atom stereocenters. The normalized spacial score (nSPS) is 20.0. The van der Waals surface area contributed by atoms with Crippen molar-refractivity contribution >= 4 is 5.91 Å². The predicted molar refractivity (Wildman–Crippen MR) is 91.1 cm³/mol. The molecule has 0 aliphatic carbocycles. The number of carbonyl (C=O) groups excluding carboxylic acids is 1. The van der Waals surface area contributed by atoms with Crippen LogP contribution in [0.4, 0.5) is 0 Å². The van der Waals surface area contributed by atoms with Gasteiger partial charge in [-0.15, -0.1) is 0 Å².